The number of hydrogen-bond donors (Lipinski definition) is 2. The van der Waals surface area contributed by atoms with Crippen molar-refractivity contribution in [1.82, 2.24) is 14.6 Å². The maximum atomic E-state index is 12.0. The summed E-state index contributed by atoms with van der Waals surface area (Å²) in [4.78, 5) is 11.2. The van der Waals surface area contributed by atoms with Crippen LogP contribution in [0.15, 0.2) is 23.4 Å². The second kappa shape index (κ2) is 4.50. The molecule has 1 aliphatic heterocycles. The van der Waals surface area contributed by atoms with Crippen molar-refractivity contribution in [3.05, 3.63) is 18.5 Å². The van der Waals surface area contributed by atoms with Crippen LogP contribution in [0.1, 0.15) is 12.8 Å². The van der Waals surface area contributed by atoms with Gasteiger partial charge in [-0.25, -0.2) is 13.1 Å². The number of aryl methyl sites for hydroxylation is 1. The molecule has 1 amide bonds. The summed E-state index contributed by atoms with van der Waals surface area (Å²) >= 11 is 0. The fraction of sp³-hybridized carbons (Fsp3) is 0.500. The van der Waals surface area contributed by atoms with E-state index in [1.54, 1.807) is 30.1 Å². The van der Waals surface area contributed by atoms with Crippen molar-refractivity contribution in [3.8, 4) is 0 Å². The van der Waals surface area contributed by atoms with Crippen LogP contribution in [0.25, 0.3) is 0 Å². The number of nitrogens with zero attached hydrogens (tertiary/aromatic N) is 1. The van der Waals surface area contributed by atoms with Crippen LogP contribution in [0.3, 0.4) is 0 Å². The summed E-state index contributed by atoms with van der Waals surface area (Å²) in [6.45, 7) is 0.352. The predicted octanol–water partition coefficient (Wildman–Crippen LogP) is -0.418. The van der Waals surface area contributed by atoms with E-state index in [2.05, 4.69) is 10.0 Å². The van der Waals surface area contributed by atoms with E-state index in [1.165, 1.54) is 0 Å². The van der Waals surface area contributed by atoms with Crippen LogP contribution in [0.5, 0.6) is 0 Å². The van der Waals surface area contributed by atoms with Gasteiger partial charge < -0.3 is 9.88 Å². The number of piperidine rings is 1. The lowest BCUT2D eigenvalue weighted by Gasteiger charge is -2.22. The van der Waals surface area contributed by atoms with Crippen molar-refractivity contribution in [2.75, 3.05) is 6.54 Å². The number of aromatic nitrogens is 1. The highest BCUT2D eigenvalue weighted by molar-refractivity contribution is 7.89. The lowest BCUT2D eigenvalue weighted by Crippen LogP contribution is -2.47. The average Bonchev–Trinajstić information content (AvgIpc) is 2.69. The molecule has 2 N–H and O–H groups in total. The Bertz CT molecular complexity index is 511. The number of sulfonamides is 1. The van der Waals surface area contributed by atoms with Crippen LogP contribution < -0.4 is 10.0 Å². The summed E-state index contributed by atoms with van der Waals surface area (Å²) in [6.07, 6.45) is 4.13. The Hall–Kier alpha value is -1.34. The molecule has 2 rings (SSSR count). The molecule has 1 aromatic heterocycles. The van der Waals surface area contributed by atoms with Crippen molar-refractivity contribution in [3.63, 3.8) is 0 Å². The first-order chi connectivity index (χ1) is 7.97. The van der Waals surface area contributed by atoms with E-state index < -0.39 is 10.0 Å². The minimum Gasteiger partial charge on any atom is -0.356 e. The van der Waals surface area contributed by atoms with Gasteiger partial charge in [0.05, 0.1) is 4.90 Å². The van der Waals surface area contributed by atoms with E-state index in [4.69, 9.17) is 0 Å². The van der Waals surface area contributed by atoms with E-state index in [-0.39, 0.29) is 16.8 Å². The second-order valence-electron chi connectivity index (χ2n) is 4.17. The van der Waals surface area contributed by atoms with Gasteiger partial charge in [-0.05, 0) is 12.5 Å². The molecule has 1 unspecified atom stereocenters. The molecule has 1 saturated heterocycles. The normalized spacial score (nSPS) is 21.2. The minimum absolute atomic E-state index is 0.0276. The molecule has 1 atom stereocenters. The Labute approximate surface area is 100 Å². The van der Waals surface area contributed by atoms with Crippen LogP contribution in [0.4, 0.5) is 0 Å². The molecule has 17 heavy (non-hydrogen) atoms. The number of amides is 1. The van der Waals surface area contributed by atoms with Gasteiger partial charge in [0.1, 0.15) is 0 Å². The zero-order valence-electron chi connectivity index (χ0n) is 9.51. The summed E-state index contributed by atoms with van der Waals surface area (Å²) < 4.78 is 28.2. The van der Waals surface area contributed by atoms with Crippen LogP contribution in [0, 0.1) is 0 Å². The van der Waals surface area contributed by atoms with Gasteiger partial charge in [0.25, 0.3) is 0 Å². The molecule has 7 heteroatoms. The van der Waals surface area contributed by atoms with Gasteiger partial charge in [-0.1, -0.05) is 0 Å². The summed E-state index contributed by atoms with van der Waals surface area (Å²) in [7, 11) is -1.71. The molecule has 1 fully saturated rings. The number of carbonyl (C=O) groups excluding carboxylic acids is 1. The van der Waals surface area contributed by atoms with Crippen molar-refractivity contribution in [2.24, 2.45) is 7.05 Å². The van der Waals surface area contributed by atoms with Gasteiger partial charge in [-0.3, -0.25) is 4.79 Å². The highest BCUT2D eigenvalue weighted by Gasteiger charge is 2.24. The topological polar surface area (TPSA) is 80.2 Å². The molecule has 0 saturated carbocycles. The van der Waals surface area contributed by atoms with Crippen LogP contribution in [-0.2, 0) is 21.9 Å². The Morgan fingerprint density at radius 1 is 1.53 bits per heavy atom. The molecule has 2 heterocycles. The largest absolute Gasteiger partial charge is 0.356 e. The molecule has 0 aromatic carbocycles. The fourth-order valence-corrected chi connectivity index (χ4v) is 3.08. The van der Waals surface area contributed by atoms with E-state index in [0.29, 0.717) is 19.4 Å². The maximum absolute atomic E-state index is 12.0. The quantitative estimate of drug-likeness (QED) is 0.772. The molecule has 94 valence electrons. The molecule has 6 nitrogen and oxygen atoms in total. The Balaban J connectivity index is 2.05. The molecule has 1 aromatic rings. The Morgan fingerprint density at radius 2 is 2.29 bits per heavy atom. The number of carbonyl (C=O) groups is 1. The minimum atomic E-state index is -3.48. The molecule has 1 aliphatic rings. The number of hydrogen-bond acceptors (Lipinski definition) is 3. The number of rotatable bonds is 3. The van der Waals surface area contributed by atoms with Gasteiger partial charge in [0.15, 0.2) is 0 Å². The van der Waals surface area contributed by atoms with Crippen molar-refractivity contribution >= 4 is 15.9 Å². The molecule has 0 spiro atoms. The second-order valence-corrected chi connectivity index (χ2v) is 5.89. The molecular formula is C10H15N3O3S. The first-order valence-corrected chi connectivity index (χ1v) is 6.87. The maximum Gasteiger partial charge on any atom is 0.242 e. The van der Waals surface area contributed by atoms with Gasteiger partial charge in [-0.2, -0.15) is 0 Å². The van der Waals surface area contributed by atoms with Crippen LogP contribution >= 0.6 is 0 Å². The highest BCUT2D eigenvalue weighted by Crippen LogP contribution is 2.11. The first kappa shape index (κ1) is 12.1. The third kappa shape index (κ3) is 2.86. The SMILES string of the molecule is Cn1ccc(S(=O)(=O)NC2CCC(=O)NC2)c1. The molecule has 0 radical (unpaired) electrons. The predicted molar refractivity (Wildman–Crippen MR) is 61.8 cm³/mol. The Kier molecular flexibility index (Phi) is 3.21. The van der Waals surface area contributed by atoms with Crippen molar-refractivity contribution in [2.45, 2.75) is 23.8 Å². The zero-order valence-corrected chi connectivity index (χ0v) is 10.3. The monoisotopic (exact) mass is 257 g/mol. The van der Waals surface area contributed by atoms with Crippen molar-refractivity contribution in [1.29, 1.82) is 0 Å². The van der Waals surface area contributed by atoms with E-state index >= 15 is 0 Å². The molecular weight excluding hydrogens is 242 g/mol. The average molecular weight is 257 g/mol. The lowest BCUT2D eigenvalue weighted by molar-refractivity contribution is -0.122. The standard InChI is InChI=1S/C10H15N3O3S/c1-13-5-4-9(7-13)17(15,16)12-8-2-3-10(14)11-6-8/h4-5,7-8,12H,2-3,6H2,1H3,(H,11,14). The summed E-state index contributed by atoms with van der Waals surface area (Å²) in [6, 6.07) is 1.32. The fourth-order valence-electron chi connectivity index (χ4n) is 1.76. The third-order valence-electron chi connectivity index (χ3n) is 2.70. The van der Waals surface area contributed by atoms with E-state index in [0.717, 1.165) is 0 Å². The Morgan fingerprint density at radius 3 is 2.82 bits per heavy atom. The van der Waals surface area contributed by atoms with Gasteiger partial charge in [0.2, 0.25) is 15.9 Å². The number of nitrogens with one attached hydrogen (secondary N) is 2. The summed E-state index contributed by atoms with van der Waals surface area (Å²) in [5.74, 6) is -0.0276. The van der Waals surface area contributed by atoms with Crippen LogP contribution in [-0.4, -0.2) is 31.5 Å². The van der Waals surface area contributed by atoms with E-state index in [1.807, 2.05) is 0 Å². The smallest absolute Gasteiger partial charge is 0.242 e. The lowest BCUT2D eigenvalue weighted by atomic mass is 10.1. The first-order valence-electron chi connectivity index (χ1n) is 5.38. The third-order valence-corrected chi connectivity index (χ3v) is 4.21. The molecule has 0 bridgehead atoms. The zero-order chi connectivity index (χ0) is 12.5. The molecule has 0 aliphatic carbocycles. The highest BCUT2D eigenvalue weighted by atomic mass is 32.2. The van der Waals surface area contributed by atoms with Crippen molar-refractivity contribution < 1.29 is 13.2 Å². The summed E-state index contributed by atoms with van der Waals surface area (Å²) in [5, 5.41) is 2.64. The van der Waals surface area contributed by atoms with Gasteiger partial charge in [-0.15, -0.1) is 0 Å². The van der Waals surface area contributed by atoms with E-state index in [9.17, 15) is 13.2 Å². The van der Waals surface area contributed by atoms with Gasteiger partial charge in [0, 0.05) is 38.4 Å². The summed E-state index contributed by atoms with van der Waals surface area (Å²) in [5.41, 5.74) is 0. The van der Waals surface area contributed by atoms with Gasteiger partial charge >= 0.3 is 0 Å². The van der Waals surface area contributed by atoms with Crippen LogP contribution in [0.2, 0.25) is 0 Å².